The maximum absolute atomic E-state index is 9.18. The zero-order valence-electron chi connectivity index (χ0n) is 12.5. The highest BCUT2D eigenvalue weighted by atomic mass is 16.3. The van der Waals surface area contributed by atoms with Gasteiger partial charge in [-0.1, -0.05) is 26.2 Å². The van der Waals surface area contributed by atoms with Gasteiger partial charge in [0.1, 0.15) is 0 Å². The van der Waals surface area contributed by atoms with Crippen molar-refractivity contribution >= 4 is 0 Å². The summed E-state index contributed by atoms with van der Waals surface area (Å²) in [6.07, 6.45) is 6.80. The van der Waals surface area contributed by atoms with Gasteiger partial charge in [-0.05, 0) is 39.2 Å². The highest BCUT2D eigenvalue weighted by Gasteiger charge is 2.25. The van der Waals surface area contributed by atoms with Crippen molar-refractivity contribution in [2.24, 2.45) is 5.92 Å². The third-order valence-electron chi connectivity index (χ3n) is 4.21. The Morgan fingerprint density at radius 2 is 1.94 bits per heavy atom. The van der Waals surface area contributed by atoms with Crippen LogP contribution in [0.5, 0.6) is 0 Å². The minimum Gasteiger partial charge on any atom is -0.395 e. The third kappa shape index (κ3) is 5.25. The molecule has 0 bridgehead atoms. The molecule has 0 aromatic heterocycles. The Balaban J connectivity index is 2.57. The molecule has 1 saturated carbocycles. The minimum atomic E-state index is 0.275. The van der Waals surface area contributed by atoms with Gasteiger partial charge in [-0.25, -0.2) is 0 Å². The molecule has 2 atom stereocenters. The second kappa shape index (κ2) is 8.89. The molecule has 1 rings (SSSR count). The Kier molecular flexibility index (Phi) is 7.87. The monoisotopic (exact) mass is 256 g/mol. The topological polar surface area (TPSA) is 35.5 Å². The maximum Gasteiger partial charge on any atom is 0.0558 e. The molecule has 3 nitrogen and oxygen atoms in total. The van der Waals surface area contributed by atoms with Crippen LogP contribution in [-0.4, -0.2) is 48.3 Å². The van der Waals surface area contributed by atoms with Crippen LogP contribution in [0, 0.1) is 5.92 Å². The zero-order valence-corrected chi connectivity index (χ0v) is 12.5. The van der Waals surface area contributed by atoms with E-state index in [-0.39, 0.29) is 6.61 Å². The van der Waals surface area contributed by atoms with Crippen LogP contribution in [0.2, 0.25) is 0 Å². The SMILES string of the molecule is CCNC1CCCCCC1CN(CCO)C(C)C. The van der Waals surface area contributed by atoms with Gasteiger partial charge in [-0.15, -0.1) is 0 Å². The molecule has 0 aliphatic heterocycles. The fourth-order valence-corrected chi connectivity index (χ4v) is 3.12. The highest BCUT2D eigenvalue weighted by Crippen LogP contribution is 2.25. The summed E-state index contributed by atoms with van der Waals surface area (Å²) in [5.41, 5.74) is 0. The van der Waals surface area contributed by atoms with Crippen molar-refractivity contribution in [3.63, 3.8) is 0 Å². The number of hydrogen-bond acceptors (Lipinski definition) is 3. The molecule has 0 aromatic carbocycles. The number of hydrogen-bond donors (Lipinski definition) is 2. The molecule has 2 N–H and O–H groups in total. The first-order chi connectivity index (χ1) is 8.69. The van der Waals surface area contributed by atoms with E-state index in [2.05, 4.69) is 31.0 Å². The summed E-state index contributed by atoms with van der Waals surface area (Å²) in [5.74, 6) is 0.751. The van der Waals surface area contributed by atoms with Crippen LogP contribution in [0.25, 0.3) is 0 Å². The van der Waals surface area contributed by atoms with Gasteiger partial charge >= 0.3 is 0 Å². The van der Waals surface area contributed by atoms with E-state index in [1.165, 1.54) is 32.1 Å². The molecule has 3 heteroatoms. The van der Waals surface area contributed by atoms with Gasteiger partial charge < -0.3 is 10.4 Å². The van der Waals surface area contributed by atoms with Crippen molar-refractivity contribution in [1.29, 1.82) is 0 Å². The summed E-state index contributed by atoms with van der Waals surface area (Å²) in [7, 11) is 0. The van der Waals surface area contributed by atoms with Crippen LogP contribution in [0.4, 0.5) is 0 Å². The predicted octanol–water partition coefficient (Wildman–Crippen LogP) is 2.25. The molecule has 0 spiro atoms. The van der Waals surface area contributed by atoms with Crippen LogP contribution in [0.15, 0.2) is 0 Å². The van der Waals surface area contributed by atoms with Crippen molar-refractivity contribution in [1.82, 2.24) is 10.2 Å². The van der Waals surface area contributed by atoms with E-state index in [1.807, 2.05) is 0 Å². The van der Waals surface area contributed by atoms with Crippen LogP contribution >= 0.6 is 0 Å². The lowest BCUT2D eigenvalue weighted by atomic mass is 9.93. The van der Waals surface area contributed by atoms with Gasteiger partial charge in [0.05, 0.1) is 6.61 Å². The second-order valence-electron chi connectivity index (χ2n) is 5.87. The Morgan fingerprint density at radius 3 is 2.56 bits per heavy atom. The number of aliphatic hydroxyl groups is 1. The molecular formula is C15H32N2O. The summed E-state index contributed by atoms with van der Waals surface area (Å²) in [6, 6.07) is 1.21. The lowest BCUT2D eigenvalue weighted by Gasteiger charge is -2.34. The highest BCUT2D eigenvalue weighted by molar-refractivity contribution is 4.82. The fraction of sp³-hybridized carbons (Fsp3) is 1.00. The van der Waals surface area contributed by atoms with Crippen LogP contribution in [-0.2, 0) is 0 Å². The zero-order chi connectivity index (χ0) is 13.4. The van der Waals surface area contributed by atoms with Gasteiger partial charge in [0.25, 0.3) is 0 Å². The summed E-state index contributed by atoms with van der Waals surface area (Å²) < 4.78 is 0. The largest absolute Gasteiger partial charge is 0.395 e. The molecule has 108 valence electrons. The van der Waals surface area contributed by atoms with E-state index in [0.717, 1.165) is 25.6 Å². The first-order valence-electron chi connectivity index (χ1n) is 7.77. The average molecular weight is 256 g/mol. The molecule has 1 aliphatic rings. The van der Waals surface area contributed by atoms with E-state index >= 15 is 0 Å². The van der Waals surface area contributed by atoms with Gasteiger partial charge in [0, 0.05) is 25.2 Å². The van der Waals surface area contributed by atoms with E-state index in [4.69, 9.17) is 0 Å². The molecule has 0 saturated heterocycles. The van der Waals surface area contributed by atoms with Gasteiger partial charge in [-0.3, -0.25) is 4.90 Å². The van der Waals surface area contributed by atoms with Crippen molar-refractivity contribution in [3.05, 3.63) is 0 Å². The normalized spacial score (nSPS) is 25.7. The molecule has 0 amide bonds. The fourth-order valence-electron chi connectivity index (χ4n) is 3.12. The van der Waals surface area contributed by atoms with Crippen LogP contribution in [0.1, 0.15) is 52.9 Å². The van der Waals surface area contributed by atoms with Crippen LogP contribution in [0.3, 0.4) is 0 Å². The van der Waals surface area contributed by atoms with Crippen molar-refractivity contribution in [2.75, 3.05) is 26.2 Å². The van der Waals surface area contributed by atoms with Crippen molar-refractivity contribution in [3.8, 4) is 0 Å². The van der Waals surface area contributed by atoms with Crippen molar-refractivity contribution in [2.45, 2.75) is 65.0 Å². The molecule has 0 heterocycles. The Bertz CT molecular complexity index is 209. The number of nitrogens with zero attached hydrogens (tertiary/aromatic N) is 1. The molecule has 0 radical (unpaired) electrons. The summed E-state index contributed by atoms with van der Waals surface area (Å²) in [5, 5.41) is 12.9. The first-order valence-corrected chi connectivity index (χ1v) is 7.77. The number of rotatable bonds is 7. The summed E-state index contributed by atoms with van der Waals surface area (Å²) in [6.45, 7) is 9.96. The Hall–Kier alpha value is -0.120. The van der Waals surface area contributed by atoms with E-state index in [1.54, 1.807) is 0 Å². The quantitative estimate of drug-likeness (QED) is 0.686. The Morgan fingerprint density at radius 1 is 1.22 bits per heavy atom. The lowest BCUT2D eigenvalue weighted by Crippen LogP contribution is -2.44. The predicted molar refractivity (Wildman–Crippen MR) is 77.8 cm³/mol. The average Bonchev–Trinajstić information content (AvgIpc) is 2.55. The van der Waals surface area contributed by atoms with Crippen molar-refractivity contribution < 1.29 is 5.11 Å². The molecule has 2 unspecified atom stereocenters. The standard InChI is InChI=1S/C15H32N2O/c1-4-16-15-9-7-5-6-8-14(15)12-17(10-11-18)13(2)3/h13-16,18H,4-12H2,1-3H3. The second-order valence-corrected chi connectivity index (χ2v) is 5.87. The maximum atomic E-state index is 9.18. The van der Waals surface area contributed by atoms with E-state index in [0.29, 0.717) is 12.1 Å². The molecule has 1 aliphatic carbocycles. The molecular weight excluding hydrogens is 224 g/mol. The van der Waals surface area contributed by atoms with E-state index in [9.17, 15) is 5.11 Å². The third-order valence-corrected chi connectivity index (χ3v) is 4.21. The summed E-state index contributed by atoms with van der Waals surface area (Å²) >= 11 is 0. The smallest absolute Gasteiger partial charge is 0.0558 e. The lowest BCUT2D eigenvalue weighted by molar-refractivity contribution is 0.129. The molecule has 0 aromatic rings. The number of nitrogens with one attached hydrogen (secondary N) is 1. The molecule has 1 fully saturated rings. The molecule has 18 heavy (non-hydrogen) atoms. The minimum absolute atomic E-state index is 0.275. The number of aliphatic hydroxyl groups excluding tert-OH is 1. The van der Waals surface area contributed by atoms with Gasteiger partial charge in [-0.2, -0.15) is 0 Å². The summed E-state index contributed by atoms with van der Waals surface area (Å²) in [4.78, 5) is 2.43. The van der Waals surface area contributed by atoms with E-state index < -0.39 is 0 Å². The van der Waals surface area contributed by atoms with Crippen LogP contribution < -0.4 is 5.32 Å². The Labute approximate surface area is 113 Å². The van der Waals surface area contributed by atoms with Gasteiger partial charge in [0.15, 0.2) is 0 Å². The first kappa shape index (κ1) is 15.9. The van der Waals surface area contributed by atoms with Gasteiger partial charge in [0.2, 0.25) is 0 Å².